The van der Waals surface area contributed by atoms with Crippen LogP contribution in [-0.4, -0.2) is 10.1 Å². The van der Waals surface area contributed by atoms with Gasteiger partial charge in [0.05, 0.1) is 0 Å². The first kappa shape index (κ1) is 8.68. The number of rotatable bonds is 4. The van der Waals surface area contributed by atoms with Crippen LogP contribution in [0.5, 0.6) is 0 Å². The van der Waals surface area contributed by atoms with Gasteiger partial charge in [0, 0.05) is 11.6 Å². The highest BCUT2D eigenvalue weighted by atomic mass is 32.1. The van der Waals surface area contributed by atoms with Crippen molar-refractivity contribution in [3.8, 4) is 0 Å². The zero-order valence-corrected chi connectivity index (χ0v) is 7.47. The van der Waals surface area contributed by atoms with Crippen LogP contribution >= 0.6 is 11.3 Å². The van der Waals surface area contributed by atoms with Gasteiger partial charge in [-0.3, -0.25) is 0 Å². The van der Waals surface area contributed by atoms with Crippen LogP contribution in [0.25, 0.3) is 0 Å². The predicted molar refractivity (Wildman–Crippen MR) is 46.6 cm³/mol. The van der Waals surface area contributed by atoms with Crippen LogP contribution in [0.3, 0.4) is 0 Å². The number of hydrogen-bond donors (Lipinski definition) is 1. The molecule has 1 N–H and O–H groups in total. The number of hydrogen-bond acceptors (Lipinski definition) is 3. The van der Waals surface area contributed by atoms with Gasteiger partial charge in [-0.2, -0.15) is 0 Å². The van der Waals surface area contributed by atoms with E-state index >= 15 is 0 Å². The summed E-state index contributed by atoms with van der Waals surface area (Å²) >= 11 is 1.52. The molecule has 0 aliphatic carbocycles. The number of nitrogens with zero attached hydrogens (tertiary/aromatic N) is 1. The maximum Gasteiger partial charge on any atom is 0.121 e. The maximum atomic E-state index is 9.49. The Morgan fingerprint density at radius 2 is 2.55 bits per heavy atom. The molecule has 0 aliphatic heterocycles. The smallest absolute Gasteiger partial charge is 0.121 e. The van der Waals surface area contributed by atoms with Gasteiger partial charge in [0.2, 0.25) is 0 Å². The molecule has 0 unspecified atom stereocenters. The van der Waals surface area contributed by atoms with E-state index in [1.807, 2.05) is 5.38 Å². The molecule has 0 fully saturated rings. The summed E-state index contributed by atoms with van der Waals surface area (Å²) < 4.78 is 0. The maximum absolute atomic E-state index is 9.49. The van der Waals surface area contributed by atoms with Crippen LogP contribution in [0, 0.1) is 0 Å². The molecule has 1 aromatic rings. The summed E-state index contributed by atoms with van der Waals surface area (Å²) in [6, 6.07) is 0. The minimum atomic E-state index is -0.338. The number of unbranched alkanes of at least 4 members (excludes halogenated alkanes) is 1. The molecule has 1 aromatic heterocycles. The molecule has 2 nitrogen and oxygen atoms in total. The molecule has 0 aliphatic rings. The monoisotopic (exact) mass is 171 g/mol. The second-order valence-electron chi connectivity index (χ2n) is 2.53. The van der Waals surface area contributed by atoms with Gasteiger partial charge >= 0.3 is 0 Å². The fraction of sp³-hybridized carbons (Fsp3) is 0.625. The molecule has 0 bridgehead atoms. The van der Waals surface area contributed by atoms with Gasteiger partial charge in [0.25, 0.3) is 0 Å². The van der Waals surface area contributed by atoms with Gasteiger partial charge in [-0.15, -0.1) is 11.3 Å². The van der Waals surface area contributed by atoms with Crippen molar-refractivity contribution in [3.63, 3.8) is 0 Å². The normalized spacial score (nSPS) is 13.3. The molecule has 1 atom stereocenters. The van der Waals surface area contributed by atoms with Crippen molar-refractivity contribution in [3.05, 3.63) is 16.6 Å². The van der Waals surface area contributed by atoms with Crippen LogP contribution in [-0.2, 0) is 0 Å². The van der Waals surface area contributed by atoms with Gasteiger partial charge in [0.15, 0.2) is 0 Å². The van der Waals surface area contributed by atoms with Crippen molar-refractivity contribution < 1.29 is 5.11 Å². The molecule has 11 heavy (non-hydrogen) atoms. The highest BCUT2D eigenvalue weighted by Crippen LogP contribution is 2.20. The molecule has 62 valence electrons. The van der Waals surface area contributed by atoms with E-state index in [1.54, 1.807) is 6.20 Å². The van der Waals surface area contributed by atoms with Crippen LogP contribution < -0.4 is 0 Å². The Hall–Kier alpha value is -0.410. The summed E-state index contributed by atoms with van der Waals surface area (Å²) in [5.74, 6) is 0. The molecule has 0 radical (unpaired) electrons. The molecule has 0 saturated carbocycles. The summed E-state index contributed by atoms with van der Waals surface area (Å²) in [5, 5.41) is 12.2. The second-order valence-corrected chi connectivity index (χ2v) is 3.45. The Morgan fingerprint density at radius 1 is 1.73 bits per heavy atom. The van der Waals surface area contributed by atoms with E-state index in [0.717, 1.165) is 24.3 Å². The summed E-state index contributed by atoms with van der Waals surface area (Å²) in [7, 11) is 0. The Morgan fingerprint density at radius 3 is 3.09 bits per heavy atom. The zero-order valence-electron chi connectivity index (χ0n) is 6.66. The van der Waals surface area contributed by atoms with Crippen molar-refractivity contribution in [2.24, 2.45) is 0 Å². The number of aliphatic hydroxyl groups is 1. The molecule has 0 spiro atoms. The third kappa shape index (κ3) is 2.60. The lowest BCUT2D eigenvalue weighted by Crippen LogP contribution is -1.95. The average molecular weight is 171 g/mol. The highest BCUT2D eigenvalue weighted by molar-refractivity contribution is 7.09. The topological polar surface area (TPSA) is 33.1 Å². The SMILES string of the molecule is CCCC[C@@H](O)c1nccs1. The largest absolute Gasteiger partial charge is 0.386 e. The fourth-order valence-electron chi connectivity index (χ4n) is 0.920. The van der Waals surface area contributed by atoms with Gasteiger partial charge < -0.3 is 5.11 Å². The third-order valence-electron chi connectivity index (χ3n) is 1.57. The molecule has 1 rings (SSSR count). The average Bonchev–Trinajstić information content (AvgIpc) is 2.52. The van der Waals surface area contributed by atoms with E-state index in [-0.39, 0.29) is 6.10 Å². The van der Waals surface area contributed by atoms with Crippen molar-refractivity contribution in [2.45, 2.75) is 32.3 Å². The summed E-state index contributed by atoms with van der Waals surface area (Å²) in [5.41, 5.74) is 0. The molecule has 0 saturated heterocycles. The second kappa shape index (κ2) is 4.46. The highest BCUT2D eigenvalue weighted by Gasteiger charge is 2.07. The Bertz CT molecular complexity index is 186. The van der Waals surface area contributed by atoms with Crippen molar-refractivity contribution in [1.29, 1.82) is 0 Å². The van der Waals surface area contributed by atoms with E-state index in [2.05, 4.69) is 11.9 Å². The quantitative estimate of drug-likeness (QED) is 0.754. The van der Waals surface area contributed by atoms with Crippen molar-refractivity contribution in [2.75, 3.05) is 0 Å². The first-order valence-electron chi connectivity index (χ1n) is 3.92. The molecular weight excluding hydrogens is 158 g/mol. The predicted octanol–water partition coefficient (Wildman–Crippen LogP) is 2.37. The minimum Gasteiger partial charge on any atom is -0.386 e. The Kier molecular flexibility index (Phi) is 3.52. The zero-order chi connectivity index (χ0) is 8.10. The molecule has 1 heterocycles. The Balaban J connectivity index is 2.36. The van der Waals surface area contributed by atoms with Crippen LogP contribution in [0.15, 0.2) is 11.6 Å². The number of aliphatic hydroxyl groups excluding tert-OH is 1. The fourth-order valence-corrected chi connectivity index (χ4v) is 1.58. The standard InChI is InChI=1S/C8H13NOS/c1-2-3-4-7(10)8-9-5-6-11-8/h5-7,10H,2-4H2,1H3/t7-/m1/s1. The summed E-state index contributed by atoms with van der Waals surface area (Å²) in [4.78, 5) is 4.04. The number of thiazole rings is 1. The van der Waals surface area contributed by atoms with E-state index < -0.39 is 0 Å². The molecule has 0 amide bonds. The molecule has 0 aromatic carbocycles. The van der Waals surface area contributed by atoms with E-state index in [9.17, 15) is 5.11 Å². The van der Waals surface area contributed by atoms with E-state index in [0.29, 0.717) is 0 Å². The molecule has 3 heteroatoms. The van der Waals surface area contributed by atoms with E-state index in [1.165, 1.54) is 11.3 Å². The van der Waals surface area contributed by atoms with Gasteiger partial charge in [0.1, 0.15) is 11.1 Å². The first-order chi connectivity index (χ1) is 5.34. The van der Waals surface area contributed by atoms with Crippen LogP contribution in [0.4, 0.5) is 0 Å². The lowest BCUT2D eigenvalue weighted by molar-refractivity contribution is 0.164. The van der Waals surface area contributed by atoms with Gasteiger partial charge in [-0.1, -0.05) is 19.8 Å². The Labute approximate surface area is 70.9 Å². The van der Waals surface area contributed by atoms with Gasteiger partial charge in [-0.05, 0) is 6.42 Å². The lowest BCUT2D eigenvalue weighted by Gasteiger charge is -2.04. The minimum absolute atomic E-state index is 0.338. The lowest BCUT2D eigenvalue weighted by atomic mass is 10.2. The van der Waals surface area contributed by atoms with Gasteiger partial charge in [-0.25, -0.2) is 4.98 Å². The summed E-state index contributed by atoms with van der Waals surface area (Å²) in [6.07, 6.45) is 4.43. The number of aromatic nitrogens is 1. The first-order valence-corrected chi connectivity index (χ1v) is 4.80. The van der Waals surface area contributed by atoms with Crippen molar-refractivity contribution >= 4 is 11.3 Å². The summed E-state index contributed by atoms with van der Waals surface area (Å²) in [6.45, 7) is 2.12. The van der Waals surface area contributed by atoms with Crippen LogP contribution in [0.1, 0.15) is 37.3 Å². The van der Waals surface area contributed by atoms with Crippen LogP contribution in [0.2, 0.25) is 0 Å². The van der Waals surface area contributed by atoms with E-state index in [4.69, 9.17) is 0 Å². The molecular formula is C8H13NOS. The van der Waals surface area contributed by atoms with Crippen molar-refractivity contribution in [1.82, 2.24) is 4.98 Å². The third-order valence-corrected chi connectivity index (χ3v) is 2.44.